The molecule has 1 aliphatic heterocycles. The minimum Gasteiger partial charge on any atom is -0.444 e. The van der Waals surface area contributed by atoms with Crippen LogP contribution in [0.4, 0.5) is 4.79 Å². The second-order valence-electron chi connectivity index (χ2n) is 7.16. The highest BCUT2D eigenvalue weighted by molar-refractivity contribution is 5.69. The molecule has 0 bridgehead atoms. The van der Waals surface area contributed by atoms with E-state index in [-0.39, 0.29) is 11.5 Å². The maximum absolute atomic E-state index is 11.7. The third-order valence-electron chi connectivity index (χ3n) is 3.39. The van der Waals surface area contributed by atoms with Crippen LogP contribution in [0.5, 0.6) is 0 Å². The Morgan fingerprint density at radius 1 is 1.28 bits per heavy atom. The largest absolute Gasteiger partial charge is 0.444 e. The molecular formula is C14H28N2O2. The summed E-state index contributed by atoms with van der Waals surface area (Å²) in [5.41, 5.74) is 5.53. The number of ether oxygens (including phenoxy) is 1. The summed E-state index contributed by atoms with van der Waals surface area (Å²) in [4.78, 5) is 13.5. The van der Waals surface area contributed by atoms with Gasteiger partial charge in [-0.15, -0.1) is 0 Å². The first-order chi connectivity index (χ1) is 8.13. The SMILES string of the molecule is CC(C)(CN)CCC1CN(C(=O)OC(C)(C)C)C1. The van der Waals surface area contributed by atoms with Gasteiger partial charge in [0.2, 0.25) is 0 Å². The average Bonchev–Trinajstić information content (AvgIpc) is 2.12. The Bertz CT molecular complexity index is 289. The fourth-order valence-corrected chi connectivity index (χ4v) is 1.92. The first-order valence-electron chi connectivity index (χ1n) is 6.81. The van der Waals surface area contributed by atoms with Gasteiger partial charge in [-0.2, -0.15) is 0 Å². The van der Waals surface area contributed by atoms with Crippen molar-refractivity contribution in [2.75, 3.05) is 19.6 Å². The summed E-state index contributed by atoms with van der Waals surface area (Å²) in [6, 6.07) is 0. The predicted octanol–water partition coefficient (Wildman–Crippen LogP) is 2.62. The van der Waals surface area contributed by atoms with Crippen molar-refractivity contribution in [2.45, 2.75) is 53.1 Å². The molecule has 0 aliphatic carbocycles. The van der Waals surface area contributed by atoms with Gasteiger partial charge < -0.3 is 15.4 Å². The number of carbonyl (C=O) groups excluding carboxylic acids is 1. The van der Waals surface area contributed by atoms with Gasteiger partial charge in [0.25, 0.3) is 0 Å². The Kier molecular flexibility index (Phi) is 4.65. The van der Waals surface area contributed by atoms with E-state index in [1.807, 2.05) is 20.8 Å². The first-order valence-corrected chi connectivity index (χ1v) is 6.81. The number of hydrogen-bond acceptors (Lipinski definition) is 3. The molecule has 0 aromatic rings. The van der Waals surface area contributed by atoms with Gasteiger partial charge in [-0.1, -0.05) is 13.8 Å². The zero-order chi connectivity index (χ0) is 14.0. The lowest BCUT2D eigenvalue weighted by atomic mass is 9.83. The van der Waals surface area contributed by atoms with Crippen LogP contribution >= 0.6 is 0 Å². The van der Waals surface area contributed by atoms with Crippen LogP contribution < -0.4 is 5.73 Å². The van der Waals surface area contributed by atoms with E-state index in [1.54, 1.807) is 4.90 Å². The highest BCUT2D eigenvalue weighted by Gasteiger charge is 2.34. The molecule has 1 rings (SSSR count). The van der Waals surface area contributed by atoms with Crippen molar-refractivity contribution in [3.8, 4) is 0 Å². The molecule has 4 nitrogen and oxygen atoms in total. The molecule has 0 aromatic carbocycles. The standard InChI is InChI=1S/C14H28N2O2/c1-13(2,3)18-12(17)16-8-11(9-16)6-7-14(4,5)10-15/h11H,6-10,15H2,1-5H3. The summed E-state index contributed by atoms with van der Waals surface area (Å²) in [7, 11) is 0. The van der Waals surface area contributed by atoms with Gasteiger partial charge in [-0.3, -0.25) is 0 Å². The van der Waals surface area contributed by atoms with Gasteiger partial charge in [0.1, 0.15) is 5.60 Å². The maximum Gasteiger partial charge on any atom is 0.410 e. The predicted molar refractivity (Wildman–Crippen MR) is 73.4 cm³/mol. The number of rotatable bonds is 4. The summed E-state index contributed by atoms with van der Waals surface area (Å²) in [5.74, 6) is 0.614. The van der Waals surface area contributed by atoms with Gasteiger partial charge in [-0.25, -0.2) is 4.79 Å². The molecule has 0 unspecified atom stereocenters. The van der Waals surface area contributed by atoms with Gasteiger partial charge in [0.15, 0.2) is 0 Å². The summed E-state index contributed by atoms with van der Waals surface area (Å²) >= 11 is 0. The van der Waals surface area contributed by atoms with Crippen LogP contribution in [0.2, 0.25) is 0 Å². The Morgan fingerprint density at radius 2 is 1.83 bits per heavy atom. The van der Waals surface area contributed by atoms with Crippen molar-refractivity contribution < 1.29 is 9.53 Å². The van der Waals surface area contributed by atoms with Crippen molar-refractivity contribution in [3.63, 3.8) is 0 Å². The maximum atomic E-state index is 11.7. The van der Waals surface area contributed by atoms with E-state index in [2.05, 4.69) is 13.8 Å². The van der Waals surface area contributed by atoms with Crippen LogP contribution in [-0.2, 0) is 4.74 Å². The molecule has 1 fully saturated rings. The molecule has 0 radical (unpaired) electrons. The highest BCUT2D eigenvalue weighted by atomic mass is 16.6. The summed E-state index contributed by atoms with van der Waals surface area (Å²) < 4.78 is 5.32. The van der Waals surface area contributed by atoms with Crippen LogP contribution in [0.3, 0.4) is 0 Å². The quantitative estimate of drug-likeness (QED) is 0.841. The lowest BCUT2D eigenvalue weighted by Crippen LogP contribution is -2.51. The highest BCUT2D eigenvalue weighted by Crippen LogP contribution is 2.28. The van der Waals surface area contributed by atoms with E-state index in [1.165, 1.54) is 0 Å². The molecule has 4 heteroatoms. The number of hydrogen-bond donors (Lipinski definition) is 1. The fraction of sp³-hybridized carbons (Fsp3) is 0.929. The van der Waals surface area contributed by atoms with Crippen molar-refractivity contribution in [1.29, 1.82) is 0 Å². The molecule has 18 heavy (non-hydrogen) atoms. The molecule has 0 atom stereocenters. The number of nitrogens with two attached hydrogens (primary N) is 1. The van der Waals surface area contributed by atoms with E-state index in [0.717, 1.165) is 32.5 Å². The minimum atomic E-state index is -0.399. The summed E-state index contributed by atoms with van der Waals surface area (Å²) in [6.45, 7) is 12.4. The molecule has 1 aliphatic rings. The number of nitrogens with zero attached hydrogens (tertiary/aromatic N) is 1. The topological polar surface area (TPSA) is 55.6 Å². The Morgan fingerprint density at radius 3 is 2.28 bits per heavy atom. The van der Waals surface area contributed by atoms with Crippen LogP contribution in [-0.4, -0.2) is 36.2 Å². The summed E-state index contributed by atoms with van der Waals surface area (Å²) in [6.07, 6.45) is 2.08. The molecule has 1 saturated heterocycles. The zero-order valence-corrected chi connectivity index (χ0v) is 12.5. The average molecular weight is 256 g/mol. The molecule has 0 aromatic heterocycles. The second-order valence-corrected chi connectivity index (χ2v) is 7.16. The number of likely N-dealkylation sites (tertiary alicyclic amines) is 1. The fourth-order valence-electron chi connectivity index (χ4n) is 1.92. The van der Waals surface area contributed by atoms with Crippen LogP contribution in [0.25, 0.3) is 0 Å². The third kappa shape index (κ3) is 4.84. The Hall–Kier alpha value is -0.770. The van der Waals surface area contributed by atoms with Crippen LogP contribution in [0.15, 0.2) is 0 Å². The number of amides is 1. The van der Waals surface area contributed by atoms with Crippen molar-refractivity contribution in [1.82, 2.24) is 4.90 Å². The van der Waals surface area contributed by atoms with Gasteiger partial charge in [0, 0.05) is 13.1 Å². The minimum absolute atomic E-state index is 0.183. The van der Waals surface area contributed by atoms with Crippen molar-refractivity contribution >= 4 is 6.09 Å². The van der Waals surface area contributed by atoms with Crippen LogP contribution in [0.1, 0.15) is 47.5 Å². The van der Waals surface area contributed by atoms with Gasteiger partial charge in [-0.05, 0) is 51.5 Å². The van der Waals surface area contributed by atoms with E-state index < -0.39 is 5.60 Å². The molecule has 2 N–H and O–H groups in total. The summed E-state index contributed by atoms with van der Waals surface area (Å²) in [5, 5.41) is 0. The molecule has 106 valence electrons. The van der Waals surface area contributed by atoms with Crippen molar-refractivity contribution in [2.24, 2.45) is 17.1 Å². The van der Waals surface area contributed by atoms with E-state index in [4.69, 9.17) is 10.5 Å². The van der Waals surface area contributed by atoms with E-state index >= 15 is 0 Å². The Balaban J connectivity index is 2.22. The molecule has 1 heterocycles. The molecular weight excluding hydrogens is 228 g/mol. The van der Waals surface area contributed by atoms with E-state index in [0.29, 0.717) is 5.92 Å². The lowest BCUT2D eigenvalue weighted by Gasteiger charge is -2.40. The second kappa shape index (κ2) is 5.47. The van der Waals surface area contributed by atoms with Gasteiger partial charge in [0.05, 0.1) is 0 Å². The normalized spacial score (nSPS) is 17.6. The Labute approximate surface area is 111 Å². The monoisotopic (exact) mass is 256 g/mol. The van der Waals surface area contributed by atoms with Crippen molar-refractivity contribution in [3.05, 3.63) is 0 Å². The van der Waals surface area contributed by atoms with E-state index in [9.17, 15) is 4.79 Å². The molecule has 0 spiro atoms. The molecule has 1 amide bonds. The van der Waals surface area contributed by atoms with Crippen LogP contribution in [0, 0.1) is 11.3 Å². The smallest absolute Gasteiger partial charge is 0.410 e. The number of carbonyl (C=O) groups is 1. The van der Waals surface area contributed by atoms with Gasteiger partial charge >= 0.3 is 6.09 Å². The zero-order valence-electron chi connectivity index (χ0n) is 12.5. The first kappa shape index (κ1) is 15.3. The third-order valence-corrected chi connectivity index (χ3v) is 3.39. The molecule has 0 saturated carbocycles. The lowest BCUT2D eigenvalue weighted by molar-refractivity contribution is -0.00352.